The zero-order chi connectivity index (χ0) is 18.4. The van der Waals surface area contributed by atoms with Crippen LogP contribution < -0.4 is 10.6 Å². The monoisotopic (exact) mass is 349 g/mol. The minimum absolute atomic E-state index is 0.130. The molecular weight excluding hydrogens is 326 g/mol. The van der Waals surface area contributed by atoms with Crippen molar-refractivity contribution in [1.29, 1.82) is 0 Å². The molecule has 0 atom stereocenters. The average Bonchev–Trinajstić information content (AvgIpc) is 2.62. The Balaban J connectivity index is 1.93. The lowest BCUT2D eigenvalue weighted by molar-refractivity contribution is 0.292. The molecule has 3 aromatic rings. The maximum Gasteiger partial charge on any atom is 0.225 e. The Morgan fingerprint density at radius 1 is 0.962 bits per heavy atom. The first-order valence-corrected chi connectivity index (χ1v) is 8.63. The number of hydrogen-bond acceptors (Lipinski definition) is 6. The fourth-order valence-corrected chi connectivity index (χ4v) is 2.73. The summed E-state index contributed by atoms with van der Waals surface area (Å²) in [4.78, 5) is 13.2. The van der Waals surface area contributed by atoms with E-state index in [2.05, 4.69) is 57.6 Å². The Morgan fingerprint density at radius 3 is 2.38 bits per heavy atom. The van der Waals surface area contributed by atoms with Crippen LogP contribution in [0.25, 0.3) is 11.3 Å². The molecule has 0 aliphatic rings. The molecule has 0 spiro atoms. The van der Waals surface area contributed by atoms with Gasteiger partial charge in [0, 0.05) is 42.9 Å². The molecule has 6 heteroatoms. The minimum Gasteiger partial charge on any atom is -0.396 e. The first kappa shape index (κ1) is 17.8. The van der Waals surface area contributed by atoms with Crippen molar-refractivity contribution in [3.8, 4) is 11.3 Å². The number of nitrogens with one attached hydrogen (secondary N) is 2. The maximum atomic E-state index is 8.98. The van der Waals surface area contributed by atoms with E-state index in [1.54, 1.807) is 12.4 Å². The average molecular weight is 349 g/mol. The molecule has 2 aromatic heterocycles. The molecule has 0 fully saturated rings. The predicted octanol–water partition coefficient (Wildman–Crippen LogP) is 3.69. The van der Waals surface area contributed by atoms with Crippen molar-refractivity contribution < 1.29 is 5.11 Å². The molecular formula is C20H23N5O. The van der Waals surface area contributed by atoms with Crippen LogP contribution in [0, 0.1) is 13.8 Å². The lowest BCUT2D eigenvalue weighted by atomic mass is 10.1. The summed E-state index contributed by atoms with van der Waals surface area (Å²) in [6, 6.07) is 12.1. The number of aliphatic hydroxyl groups is 1. The Kier molecular flexibility index (Phi) is 5.76. The van der Waals surface area contributed by atoms with Gasteiger partial charge < -0.3 is 15.7 Å². The van der Waals surface area contributed by atoms with Crippen molar-refractivity contribution in [1.82, 2.24) is 15.0 Å². The van der Waals surface area contributed by atoms with Gasteiger partial charge >= 0.3 is 0 Å². The number of benzene rings is 1. The highest BCUT2D eigenvalue weighted by Crippen LogP contribution is 2.24. The highest BCUT2D eigenvalue weighted by atomic mass is 16.3. The van der Waals surface area contributed by atoms with Gasteiger partial charge in [-0.05, 0) is 55.7 Å². The predicted molar refractivity (Wildman–Crippen MR) is 105 cm³/mol. The molecule has 6 nitrogen and oxygen atoms in total. The summed E-state index contributed by atoms with van der Waals surface area (Å²) in [5.74, 6) is 1.24. The lowest BCUT2D eigenvalue weighted by Gasteiger charge is -2.12. The zero-order valence-corrected chi connectivity index (χ0v) is 15.0. The van der Waals surface area contributed by atoms with Crippen LogP contribution >= 0.6 is 0 Å². The first-order chi connectivity index (χ1) is 12.6. The van der Waals surface area contributed by atoms with Crippen molar-refractivity contribution in [3.05, 3.63) is 59.9 Å². The third kappa shape index (κ3) is 4.77. The number of pyridine rings is 1. The number of aryl methyl sites for hydroxylation is 2. The fraction of sp³-hybridized carbons (Fsp3) is 0.250. The molecule has 0 unspecified atom stereocenters. The van der Waals surface area contributed by atoms with E-state index in [1.165, 1.54) is 11.1 Å². The molecule has 3 N–H and O–H groups in total. The third-order valence-corrected chi connectivity index (χ3v) is 3.81. The number of aliphatic hydroxyl groups excluding tert-OH is 1. The van der Waals surface area contributed by atoms with Crippen LogP contribution in [-0.2, 0) is 0 Å². The van der Waals surface area contributed by atoms with Gasteiger partial charge in [0.2, 0.25) is 5.95 Å². The summed E-state index contributed by atoms with van der Waals surface area (Å²) >= 11 is 0. The second kappa shape index (κ2) is 8.40. The van der Waals surface area contributed by atoms with Gasteiger partial charge in [0.05, 0.1) is 5.69 Å². The Hall–Kier alpha value is -2.99. The Labute approximate surface area is 153 Å². The molecule has 3 rings (SSSR count). The Morgan fingerprint density at radius 2 is 1.69 bits per heavy atom. The number of rotatable bonds is 7. The van der Waals surface area contributed by atoms with Gasteiger partial charge in [-0.25, -0.2) is 4.98 Å². The fourth-order valence-electron chi connectivity index (χ4n) is 2.73. The molecule has 26 heavy (non-hydrogen) atoms. The lowest BCUT2D eigenvalue weighted by Crippen LogP contribution is -2.08. The van der Waals surface area contributed by atoms with Crippen LogP contribution in [0.15, 0.2) is 48.8 Å². The van der Waals surface area contributed by atoms with Crippen molar-refractivity contribution in [3.63, 3.8) is 0 Å². The number of anilines is 3. The second-order valence-corrected chi connectivity index (χ2v) is 6.20. The minimum atomic E-state index is 0.130. The van der Waals surface area contributed by atoms with Gasteiger partial charge in [0.15, 0.2) is 0 Å². The standard InChI is InChI=1S/C20H23N5O/c1-14-10-15(2)12-17(11-14)23-19-13-18(16-4-7-21-8-5-16)24-20(25-19)22-6-3-9-26/h4-5,7-8,10-13,26H,3,6,9H2,1-2H3,(H2,22,23,24,25). The van der Waals surface area contributed by atoms with Gasteiger partial charge in [-0.3, -0.25) is 4.98 Å². The molecule has 0 saturated heterocycles. The Bertz CT molecular complexity index is 847. The number of nitrogens with zero attached hydrogens (tertiary/aromatic N) is 3. The molecule has 2 heterocycles. The second-order valence-electron chi connectivity index (χ2n) is 6.20. The third-order valence-electron chi connectivity index (χ3n) is 3.81. The maximum absolute atomic E-state index is 8.98. The van der Waals surface area contributed by atoms with E-state index in [0.29, 0.717) is 24.7 Å². The van der Waals surface area contributed by atoms with Crippen molar-refractivity contribution >= 4 is 17.5 Å². The molecule has 0 saturated carbocycles. The summed E-state index contributed by atoms with van der Waals surface area (Å²) in [6.45, 7) is 4.88. The summed E-state index contributed by atoms with van der Waals surface area (Å²) in [5, 5.41) is 15.5. The van der Waals surface area contributed by atoms with E-state index in [1.807, 2.05) is 18.2 Å². The van der Waals surface area contributed by atoms with Crippen LogP contribution in [0.4, 0.5) is 17.5 Å². The van der Waals surface area contributed by atoms with E-state index in [-0.39, 0.29) is 6.61 Å². The van der Waals surface area contributed by atoms with E-state index in [4.69, 9.17) is 5.11 Å². The van der Waals surface area contributed by atoms with Crippen LogP contribution in [0.2, 0.25) is 0 Å². The van der Waals surface area contributed by atoms with Gasteiger partial charge in [-0.2, -0.15) is 4.98 Å². The normalized spacial score (nSPS) is 10.6. The molecule has 1 aromatic carbocycles. The smallest absolute Gasteiger partial charge is 0.225 e. The first-order valence-electron chi connectivity index (χ1n) is 8.63. The molecule has 0 bridgehead atoms. The van der Waals surface area contributed by atoms with Crippen LogP contribution in [0.1, 0.15) is 17.5 Å². The molecule has 134 valence electrons. The number of hydrogen-bond donors (Lipinski definition) is 3. The quantitative estimate of drug-likeness (QED) is 0.564. The molecule has 0 radical (unpaired) electrons. The van der Waals surface area contributed by atoms with E-state index < -0.39 is 0 Å². The van der Waals surface area contributed by atoms with E-state index in [0.717, 1.165) is 16.9 Å². The SMILES string of the molecule is Cc1cc(C)cc(Nc2cc(-c3ccncc3)nc(NCCCO)n2)c1. The summed E-state index contributed by atoms with van der Waals surface area (Å²) in [6.07, 6.45) is 4.13. The van der Waals surface area contributed by atoms with Gasteiger partial charge in [0.25, 0.3) is 0 Å². The molecule has 0 amide bonds. The van der Waals surface area contributed by atoms with E-state index >= 15 is 0 Å². The largest absolute Gasteiger partial charge is 0.396 e. The van der Waals surface area contributed by atoms with Crippen molar-refractivity contribution in [2.24, 2.45) is 0 Å². The van der Waals surface area contributed by atoms with Gasteiger partial charge in [-0.15, -0.1) is 0 Å². The van der Waals surface area contributed by atoms with Crippen LogP contribution in [0.5, 0.6) is 0 Å². The van der Waals surface area contributed by atoms with Gasteiger partial charge in [0.1, 0.15) is 5.82 Å². The van der Waals surface area contributed by atoms with Gasteiger partial charge in [-0.1, -0.05) is 6.07 Å². The highest BCUT2D eigenvalue weighted by Gasteiger charge is 2.08. The number of aromatic nitrogens is 3. The van der Waals surface area contributed by atoms with Crippen molar-refractivity contribution in [2.45, 2.75) is 20.3 Å². The van der Waals surface area contributed by atoms with Crippen LogP contribution in [-0.4, -0.2) is 33.2 Å². The highest BCUT2D eigenvalue weighted by molar-refractivity contribution is 5.67. The molecule has 0 aliphatic carbocycles. The summed E-state index contributed by atoms with van der Waals surface area (Å²) < 4.78 is 0. The summed E-state index contributed by atoms with van der Waals surface area (Å²) in [7, 11) is 0. The zero-order valence-electron chi connectivity index (χ0n) is 15.0. The summed E-state index contributed by atoms with van der Waals surface area (Å²) in [5.41, 5.74) is 5.15. The van der Waals surface area contributed by atoms with E-state index in [9.17, 15) is 0 Å². The van der Waals surface area contributed by atoms with Crippen LogP contribution in [0.3, 0.4) is 0 Å². The topological polar surface area (TPSA) is 83.0 Å². The van der Waals surface area contributed by atoms with Crippen molar-refractivity contribution in [2.75, 3.05) is 23.8 Å². The molecule has 0 aliphatic heterocycles.